The summed E-state index contributed by atoms with van der Waals surface area (Å²) in [6, 6.07) is 18.6. The molecule has 218 valence electrons. The molecule has 43 heavy (non-hydrogen) atoms. The molecule has 0 aliphatic carbocycles. The van der Waals surface area contributed by atoms with Crippen LogP contribution in [0.5, 0.6) is 0 Å². The van der Waals surface area contributed by atoms with E-state index >= 15 is 0 Å². The van der Waals surface area contributed by atoms with Crippen molar-refractivity contribution in [3.63, 3.8) is 0 Å². The van der Waals surface area contributed by atoms with Gasteiger partial charge in [-0.05, 0) is 66.0 Å². The van der Waals surface area contributed by atoms with Crippen molar-refractivity contribution in [2.24, 2.45) is 0 Å². The molecular weight excluding hydrogens is 533 g/mol. The number of pyridine rings is 1. The van der Waals surface area contributed by atoms with Crippen LogP contribution < -0.4 is 10.6 Å². The van der Waals surface area contributed by atoms with Crippen LogP contribution in [-0.4, -0.2) is 28.5 Å². The fraction of sp³-hybridized carbons (Fsp3) is 0.135. The first-order chi connectivity index (χ1) is 20.9. The van der Waals surface area contributed by atoms with Gasteiger partial charge < -0.3 is 15.6 Å². The van der Waals surface area contributed by atoms with Crippen LogP contribution in [0.2, 0.25) is 0 Å². The normalized spacial score (nSPS) is 12.8. The number of halogens is 1. The van der Waals surface area contributed by atoms with Crippen molar-refractivity contribution in [3.8, 4) is 11.1 Å². The lowest BCUT2D eigenvalue weighted by molar-refractivity contribution is 0.628. The second-order valence-corrected chi connectivity index (χ2v) is 9.92. The van der Waals surface area contributed by atoms with Crippen molar-refractivity contribution in [3.05, 3.63) is 162 Å². The van der Waals surface area contributed by atoms with Gasteiger partial charge in [-0.2, -0.15) is 0 Å². The Morgan fingerprint density at radius 1 is 0.977 bits per heavy atom. The molecule has 0 saturated heterocycles. The molecular formula is C37H38FN5. The topological polar surface area (TPSA) is 65.6 Å². The first-order valence-electron chi connectivity index (χ1n) is 14.2. The molecule has 0 aliphatic rings. The average molecular weight is 572 g/mol. The summed E-state index contributed by atoms with van der Waals surface area (Å²) in [5.74, 6) is 0.299. The summed E-state index contributed by atoms with van der Waals surface area (Å²) in [7, 11) is 1.87. The van der Waals surface area contributed by atoms with Gasteiger partial charge >= 0.3 is 0 Å². The van der Waals surface area contributed by atoms with E-state index in [1.165, 1.54) is 17.7 Å². The summed E-state index contributed by atoms with van der Waals surface area (Å²) in [5, 5.41) is 6.76. The number of nitrogens with one attached hydrogen (secondary N) is 3. The molecule has 4 rings (SSSR count). The number of aromatic amines is 1. The third-order valence-corrected chi connectivity index (χ3v) is 7.11. The van der Waals surface area contributed by atoms with Gasteiger partial charge in [-0.25, -0.2) is 14.4 Å². The van der Waals surface area contributed by atoms with Crippen molar-refractivity contribution in [2.45, 2.75) is 20.4 Å². The highest BCUT2D eigenvalue weighted by molar-refractivity contribution is 5.92. The van der Waals surface area contributed by atoms with E-state index in [0.717, 1.165) is 51.2 Å². The van der Waals surface area contributed by atoms with E-state index in [9.17, 15) is 4.39 Å². The number of likely N-dealkylation sites (N-methyl/N-ethyl adjacent to an activating group) is 1. The quantitative estimate of drug-likeness (QED) is 0.141. The average Bonchev–Trinajstić information content (AvgIpc) is 3.48. The van der Waals surface area contributed by atoms with Crippen molar-refractivity contribution in [2.75, 3.05) is 13.6 Å². The predicted octanol–water partition coefficient (Wildman–Crippen LogP) is 8.23. The second kappa shape index (κ2) is 14.7. The number of imidazole rings is 1. The molecule has 0 atom stereocenters. The molecule has 3 N–H and O–H groups in total. The van der Waals surface area contributed by atoms with E-state index in [1.54, 1.807) is 18.3 Å². The molecule has 0 unspecified atom stereocenters. The fourth-order valence-corrected chi connectivity index (χ4v) is 4.76. The highest BCUT2D eigenvalue weighted by Crippen LogP contribution is 2.31. The maximum Gasteiger partial charge on any atom is 0.178 e. The van der Waals surface area contributed by atoms with Crippen molar-refractivity contribution < 1.29 is 4.39 Å². The summed E-state index contributed by atoms with van der Waals surface area (Å²) >= 11 is 0. The lowest BCUT2D eigenvalue weighted by Gasteiger charge is -2.15. The number of allylic oxidation sites excluding steroid dienone is 7. The Bertz CT molecular complexity index is 1730. The number of rotatable bonds is 13. The zero-order valence-corrected chi connectivity index (χ0v) is 25.0. The third kappa shape index (κ3) is 7.61. The molecule has 6 heteroatoms. The van der Waals surface area contributed by atoms with E-state index < -0.39 is 0 Å². The van der Waals surface area contributed by atoms with Crippen LogP contribution in [0.1, 0.15) is 25.2 Å². The molecule has 0 radical (unpaired) electrons. The van der Waals surface area contributed by atoms with Gasteiger partial charge in [0.25, 0.3) is 0 Å². The monoisotopic (exact) mass is 571 g/mol. The van der Waals surface area contributed by atoms with Crippen LogP contribution in [0.25, 0.3) is 27.9 Å². The Morgan fingerprint density at radius 2 is 1.72 bits per heavy atom. The minimum atomic E-state index is -0.285. The molecule has 0 bridgehead atoms. The summed E-state index contributed by atoms with van der Waals surface area (Å²) in [6.07, 6.45) is 11.7. The summed E-state index contributed by atoms with van der Waals surface area (Å²) in [5.41, 5.74) is 9.52. The smallest absolute Gasteiger partial charge is 0.178 e. The summed E-state index contributed by atoms with van der Waals surface area (Å²) in [4.78, 5) is 12.6. The Kier molecular flexibility index (Phi) is 10.6. The SMILES string of the molecule is C=C/C(=C\C(=C/C)C(=C)/C=C(C(=C)c1nc2nccc(-c3ccc(F)cc3)c2[nH]1)\C(=C/C)NC)CNCc1ccccc1. The number of H-pyrrole nitrogens is 1. The van der Waals surface area contributed by atoms with Crippen molar-refractivity contribution in [1.82, 2.24) is 25.6 Å². The Balaban J connectivity index is 1.63. The van der Waals surface area contributed by atoms with Gasteiger partial charge in [-0.1, -0.05) is 86.5 Å². The first-order valence-corrected chi connectivity index (χ1v) is 14.2. The number of nitrogens with zero attached hydrogens (tertiary/aromatic N) is 2. The molecule has 0 aliphatic heterocycles. The summed E-state index contributed by atoms with van der Waals surface area (Å²) < 4.78 is 13.6. The lowest BCUT2D eigenvalue weighted by Crippen LogP contribution is -2.16. The Labute approximate surface area is 253 Å². The van der Waals surface area contributed by atoms with Gasteiger partial charge in [-0.3, -0.25) is 0 Å². The molecule has 2 aromatic heterocycles. The number of aromatic nitrogens is 3. The van der Waals surface area contributed by atoms with E-state index in [2.05, 4.69) is 58.5 Å². The van der Waals surface area contributed by atoms with E-state index in [1.807, 2.05) is 69.5 Å². The van der Waals surface area contributed by atoms with E-state index in [4.69, 9.17) is 4.98 Å². The highest BCUT2D eigenvalue weighted by Gasteiger charge is 2.17. The molecule has 4 aromatic rings. The van der Waals surface area contributed by atoms with E-state index in [0.29, 0.717) is 23.6 Å². The molecule has 2 heterocycles. The molecule has 0 amide bonds. The molecule has 0 saturated carbocycles. The van der Waals surface area contributed by atoms with Crippen LogP contribution >= 0.6 is 0 Å². The molecule has 5 nitrogen and oxygen atoms in total. The maximum atomic E-state index is 13.6. The second-order valence-electron chi connectivity index (χ2n) is 9.92. The molecule has 0 spiro atoms. The van der Waals surface area contributed by atoms with Gasteiger partial charge in [0.05, 0.1) is 5.52 Å². The minimum absolute atomic E-state index is 0.285. The van der Waals surface area contributed by atoms with Gasteiger partial charge in [0.2, 0.25) is 0 Å². The minimum Gasteiger partial charge on any atom is -0.388 e. The predicted molar refractivity (Wildman–Crippen MR) is 179 cm³/mol. The van der Waals surface area contributed by atoms with Crippen LogP contribution in [0.15, 0.2) is 145 Å². The molecule has 2 aromatic carbocycles. The maximum absolute atomic E-state index is 13.6. The van der Waals surface area contributed by atoms with Gasteiger partial charge in [-0.15, -0.1) is 0 Å². The number of fused-ring (bicyclic) bond motifs is 1. The standard InChI is InChI=1S/C37H38FN5/c1-7-27(23-40-24-28-13-11-10-12-14-28)22-29(8-2)25(4)21-33(34(9-3)39-6)26(5)36-42-35-32(19-20-41-37(35)43-36)30-15-17-31(38)18-16-30/h7-22,39-40H,1,4-5,23-24H2,2-3,6H3,(H,41,42,43)/b27-22+,29-8+,33-21-,34-9+. The summed E-state index contributed by atoms with van der Waals surface area (Å²) in [6.45, 7) is 18.2. The number of hydrogen-bond acceptors (Lipinski definition) is 4. The zero-order valence-electron chi connectivity index (χ0n) is 25.0. The third-order valence-electron chi connectivity index (χ3n) is 7.11. The number of hydrogen-bond donors (Lipinski definition) is 3. The van der Waals surface area contributed by atoms with Crippen LogP contribution in [-0.2, 0) is 6.54 Å². The lowest BCUT2D eigenvalue weighted by atomic mass is 9.96. The number of benzene rings is 2. The Hall–Kier alpha value is -5.07. The van der Waals surface area contributed by atoms with Crippen LogP contribution in [0.4, 0.5) is 4.39 Å². The van der Waals surface area contributed by atoms with Crippen LogP contribution in [0, 0.1) is 5.82 Å². The van der Waals surface area contributed by atoms with Gasteiger partial charge in [0.15, 0.2) is 5.65 Å². The van der Waals surface area contributed by atoms with Crippen molar-refractivity contribution in [1.29, 1.82) is 0 Å². The fourth-order valence-electron chi connectivity index (χ4n) is 4.76. The largest absolute Gasteiger partial charge is 0.388 e. The highest BCUT2D eigenvalue weighted by atomic mass is 19.1. The van der Waals surface area contributed by atoms with E-state index in [-0.39, 0.29) is 5.82 Å². The molecule has 0 fully saturated rings. The Morgan fingerprint density at radius 3 is 2.37 bits per heavy atom. The zero-order chi connectivity index (χ0) is 30.8. The van der Waals surface area contributed by atoms with Gasteiger partial charge in [0.1, 0.15) is 11.6 Å². The van der Waals surface area contributed by atoms with Crippen LogP contribution in [0.3, 0.4) is 0 Å². The van der Waals surface area contributed by atoms with Gasteiger partial charge in [0, 0.05) is 48.7 Å². The van der Waals surface area contributed by atoms with Crippen molar-refractivity contribution >= 4 is 16.7 Å². The first kappa shape index (κ1) is 30.9.